The van der Waals surface area contributed by atoms with Gasteiger partial charge in [0, 0.05) is 11.7 Å². The Balaban J connectivity index is 1.99. The monoisotopic (exact) mass is 238 g/mol. The smallest absolute Gasteiger partial charge is 0.231 e. The van der Waals surface area contributed by atoms with E-state index in [2.05, 4.69) is 10.6 Å². The van der Waals surface area contributed by atoms with Crippen LogP contribution in [0.1, 0.15) is 0 Å². The molecule has 1 saturated heterocycles. The van der Waals surface area contributed by atoms with Gasteiger partial charge < -0.3 is 15.4 Å². The highest BCUT2D eigenvalue weighted by molar-refractivity contribution is 5.93. The third-order valence-electron chi connectivity index (χ3n) is 2.90. The predicted octanol–water partition coefficient (Wildman–Crippen LogP) is 0.999. The van der Waals surface area contributed by atoms with Crippen LogP contribution in [-0.4, -0.2) is 32.2 Å². The maximum Gasteiger partial charge on any atom is 0.231 e. The maximum absolute atomic E-state index is 12.7. The Hall–Kier alpha value is -1.46. The molecule has 1 heterocycles. The number of ether oxygens (including phenoxy) is 1. The Morgan fingerprint density at radius 3 is 2.71 bits per heavy atom. The highest BCUT2D eigenvalue weighted by Crippen LogP contribution is 2.16. The lowest BCUT2D eigenvalue weighted by molar-refractivity contribution is -0.120. The molecule has 0 aliphatic carbocycles. The van der Waals surface area contributed by atoms with E-state index in [0.717, 1.165) is 0 Å². The first kappa shape index (κ1) is 12.0. The summed E-state index contributed by atoms with van der Waals surface area (Å²) >= 11 is 0. The number of rotatable bonds is 3. The molecule has 2 N–H and O–H groups in total. The Bertz CT molecular complexity index is 394. The summed E-state index contributed by atoms with van der Waals surface area (Å²) in [7, 11) is 1.80. The van der Waals surface area contributed by atoms with E-state index in [4.69, 9.17) is 4.74 Å². The predicted molar refractivity (Wildman–Crippen MR) is 62.2 cm³/mol. The molecule has 0 saturated carbocycles. The van der Waals surface area contributed by atoms with E-state index < -0.39 is 0 Å². The molecule has 2 rings (SSSR count). The summed E-state index contributed by atoms with van der Waals surface area (Å²) in [5, 5.41) is 5.79. The molecular weight excluding hydrogens is 223 g/mol. The van der Waals surface area contributed by atoms with Crippen LogP contribution in [-0.2, 0) is 9.53 Å². The molecule has 1 fully saturated rings. The number of anilines is 1. The SMILES string of the molecule is CNC1COCC1C(=O)Nc1ccc(F)cc1. The summed E-state index contributed by atoms with van der Waals surface area (Å²) in [5.74, 6) is -0.626. The summed E-state index contributed by atoms with van der Waals surface area (Å²) in [6, 6.07) is 5.75. The van der Waals surface area contributed by atoms with Crippen molar-refractivity contribution >= 4 is 11.6 Å². The van der Waals surface area contributed by atoms with Crippen LogP contribution in [0.15, 0.2) is 24.3 Å². The van der Waals surface area contributed by atoms with Gasteiger partial charge in [0.15, 0.2) is 0 Å². The van der Waals surface area contributed by atoms with Gasteiger partial charge in [-0.1, -0.05) is 0 Å². The fourth-order valence-corrected chi connectivity index (χ4v) is 1.87. The second-order valence-electron chi connectivity index (χ2n) is 4.04. The third-order valence-corrected chi connectivity index (χ3v) is 2.90. The lowest BCUT2D eigenvalue weighted by atomic mass is 10.0. The van der Waals surface area contributed by atoms with Gasteiger partial charge in [-0.15, -0.1) is 0 Å². The molecule has 0 spiro atoms. The van der Waals surface area contributed by atoms with Crippen molar-refractivity contribution in [2.45, 2.75) is 6.04 Å². The van der Waals surface area contributed by atoms with Crippen molar-refractivity contribution in [3.8, 4) is 0 Å². The summed E-state index contributed by atoms with van der Waals surface area (Å²) in [5.41, 5.74) is 0.596. The number of nitrogens with one attached hydrogen (secondary N) is 2. The van der Waals surface area contributed by atoms with Crippen molar-refractivity contribution in [1.82, 2.24) is 5.32 Å². The third kappa shape index (κ3) is 2.81. The zero-order chi connectivity index (χ0) is 12.3. The van der Waals surface area contributed by atoms with Crippen molar-refractivity contribution in [1.29, 1.82) is 0 Å². The summed E-state index contributed by atoms with van der Waals surface area (Å²) < 4.78 is 18.0. The van der Waals surface area contributed by atoms with Crippen LogP contribution in [0.2, 0.25) is 0 Å². The summed E-state index contributed by atoms with van der Waals surface area (Å²) in [6.45, 7) is 0.955. The van der Waals surface area contributed by atoms with E-state index in [-0.39, 0.29) is 23.7 Å². The van der Waals surface area contributed by atoms with Gasteiger partial charge in [-0.25, -0.2) is 4.39 Å². The average Bonchev–Trinajstić information content (AvgIpc) is 2.80. The number of halogens is 1. The molecule has 1 amide bonds. The topological polar surface area (TPSA) is 50.4 Å². The summed E-state index contributed by atoms with van der Waals surface area (Å²) in [6.07, 6.45) is 0. The summed E-state index contributed by atoms with van der Waals surface area (Å²) in [4.78, 5) is 11.9. The number of likely N-dealkylation sites (N-methyl/N-ethyl adjacent to an activating group) is 1. The molecule has 1 aromatic carbocycles. The molecule has 1 aromatic rings. The number of hydrogen-bond donors (Lipinski definition) is 2. The van der Waals surface area contributed by atoms with Gasteiger partial charge in [-0.2, -0.15) is 0 Å². The van der Waals surface area contributed by atoms with E-state index in [9.17, 15) is 9.18 Å². The molecule has 0 aromatic heterocycles. The van der Waals surface area contributed by atoms with Crippen molar-refractivity contribution in [3.05, 3.63) is 30.1 Å². The van der Waals surface area contributed by atoms with Gasteiger partial charge in [0.2, 0.25) is 5.91 Å². The quantitative estimate of drug-likeness (QED) is 0.826. The van der Waals surface area contributed by atoms with Crippen LogP contribution in [0.5, 0.6) is 0 Å². The minimum atomic E-state index is -0.319. The Kier molecular flexibility index (Phi) is 3.71. The van der Waals surface area contributed by atoms with Gasteiger partial charge in [0.1, 0.15) is 5.82 Å². The first-order valence-corrected chi connectivity index (χ1v) is 5.52. The molecule has 0 radical (unpaired) electrons. The Morgan fingerprint density at radius 1 is 1.35 bits per heavy atom. The highest BCUT2D eigenvalue weighted by atomic mass is 19.1. The molecular formula is C12H15FN2O2. The van der Waals surface area contributed by atoms with E-state index in [0.29, 0.717) is 18.9 Å². The zero-order valence-electron chi connectivity index (χ0n) is 9.57. The molecule has 1 aliphatic heterocycles. The second kappa shape index (κ2) is 5.25. The second-order valence-corrected chi connectivity index (χ2v) is 4.04. The first-order chi connectivity index (χ1) is 8.20. The average molecular weight is 238 g/mol. The standard InChI is InChI=1S/C12H15FN2O2/c1-14-11-7-17-6-10(11)12(16)15-9-4-2-8(13)3-5-9/h2-5,10-11,14H,6-7H2,1H3,(H,15,16). The van der Waals surface area contributed by atoms with Crippen LogP contribution in [0.3, 0.4) is 0 Å². The molecule has 2 unspecified atom stereocenters. The fraction of sp³-hybridized carbons (Fsp3) is 0.417. The molecule has 0 bridgehead atoms. The van der Waals surface area contributed by atoms with Crippen LogP contribution >= 0.6 is 0 Å². The van der Waals surface area contributed by atoms with E-state index in [1.165, 1.54) is 24.3 Å². The Morgan fingerprint density at radius 2 is 2.06 bits per heavy atom. The van der Waals surface area contributed by atoms with E-state index in [1.807, 2.05) is 0 Å². The molecule has 17 heavy (non-hydrogen) atoms. The van der Waals surface area contributed by atoms with Gasteiger partial charge in [0.25, 0.3) is 0 Å². The maximum atomic E-state index is 12.7. The molecule has 92 valence electrons. The minimum absolute atomic E-state index is 0.0375. The lowest BCUT2D eigenvalue weighted by Crippen LogP contribution is -2.39. The van der Waals surface area contributed by atoms with Crippen LogP contribution in [0, 0.1) is 11.7 Å². The van der Waals surface area contributed by atoms with Crippen molar-refractivity contribution in [3.63, 3.8) is 0 Å². The highest BCUT2D eigenvalue weighted by Gasteiger charge is 2.32. The van der Waals surface area contributed by atoms with Gasteiger partial charge in [-0.3, -0.25) is 4.79 Å². The zero-order valence-corrected chi connectivity index (χ0v) is 9.57. The van der Waals surface area contributed by atoms with E-state index in [1.54, 1.807) is 7.05 Å². The minimum Gasteiger partial charge on any atom is -0.379 e. The van der Waals surface area contributed by atoms with Crippen LogP contribution in [0.4, 0.5) is 10.1 Å². The fourth-order valence-electron chi connectivity index (χ4n) is 1.87. The van der Waals surface area contributed by atoms with Crippen molar-refractivity contribution < 1.29 is 13.9 Å². The van der Waals surface area contributed by atoms with Crippen LogP contribution in [0.25, 0.3) is 0 Å². The number of amides is 1. The number of carbonyl (C=O) groups excluding carboxylic acids is 1. The molecule has 1 aliphatic rings. The van der Waals surface area contributed by atoms with E-state index >= 15 is 0 Å². The van der Waals surface area contributed by atoms with Crippen molar-refractivity contribution in [2.75, 3.05) is 25.6 Å². The van der Waals surface area contributed by atoms with Crippen molar-refractivity contribution in [2.24, 2.45) is 5.92 Å². The van der Waals surface area contributed by atoms with Gasteiger partial charge in [-0.05, 0) is 31.3 Å². The van der Waals surface area contributed by atoms with Gasteiger partial charge >= 0.3 is 0 Å². The van der Waals surface area contributed by atoms with Crippen LogP contribution < -0.4 is 10.6 Å². The number of benzene rings is 1. The molecule has 4 nitrogen and oxygen atoms in total. The normalized spacial score (nSPS) is 23.6. The lowest BCUT2D eigenvalue weighted by Gasteiger charge is -2.16. The number of carbonyl (C=O) groups is 1. The Labute approximate surface area is 99.2 Å². The largest absolute Gasteiger partial charge is 0.379 e. The number of hydrogen-bond acceptors (Lipinski definition) is 3. The van der Waals surface area contributed by atoms with Gasteiger partial charge in [0.05, 0.1) is 19.1 Å². The first-order valence-electron chi connectivity index (χ1n) is 5.52. The molecule has 5 heteroatoms. The molecule has 2 atom stereocenters.